The summed E-state index contributed by atoms with van der Waals surface area (Å²) in [5, 5.41) is 11.8. The fraction of sp³-hybridized carbons (Fsp3) is 0.0769. The summed E-state index contributed by atoms with van der Waals surface area (Å²) in [5.74, 6) is -0.280. The Bertz CT molecular complexity index is 587. The second kappa shape index (κ2) is 4.62. The highest BCUT2D eigenvalue weighted by molar-refractivity contribution is 5.64. The zero-order valence-electron chi connectivity index (χ0n) is 9.24. The molecule has 0 aliphatic heterocycles. The molecule has 0 atom stereocenters. The zero-order valence-corrected chi connectivity index (χ0v) is 9.24. The first-order valence-electron chi connectivity index (χ1n) is 5.09. The van der Waals surface area contributed by atoms with E-state index in [0.717, 1.165) is 0 Å². The molecule has 1 N–H and O–H groups in total. The molecule has 4 heteroatoms. The number of nitrogens with one attached hydrogen (secondary N) is 1. The molecular weight excluding hydrogens is 217 g/mol. The van der Waals surface area contributed by atoms with Gasteiger partial charge in [0.2, 0.25) is 0 Å². The van der Waals surface area contributed by atoms with Crippen LogP contribution in [-0.4, -0.2) is 4.98 Å². The van der Waals surface area contributed by atoms with E-state index < -0.39 is 0 Å². The molecule has 1 aromatic carbocycles. The van der Waals surface area contributed by atoms with Crippen molar-refractivity contribution in [1.82, 2.24) is 4.98 Å². The predicted molar refractivity (Wildman–Crippen MR) is 63.4 cm³/mol. The van der Waals surface area contributed by atoms with Crippen molar-refractivity contribution in [2.75, 3.05) is 5.32 Å². The summed E-state index contributed by atoms with van der Waals surface area (Å²) >= 11 is 0. The van der Waals surface area contributed by atoms with Gasteiger partial charge in [0.25, 0.3) is 0 Å². The van der Waals surface area contributed by atoms with Gasteiger partial charge >= 0.3 is 0 Å². The molecule has 2 aromatic rings. The molecule has 3 nitrogen and oxygen atoms in total. The Hall–Kier alpha value is -2.41. The Morgan fingerprint density at radius 1 is 1.35 bits per heavy atom. The van der Waals surface area contributed by atoms with Gasteiger partial charge in [0.1, 0.15) is 11.9 Å². The van der Waals surface area contributed by atoms with Crippen molar-refractivity contribution in [3.63, 3.8) is 0 Å². The third-order valence-electron chi connectivity index (χ3n) is 2.36. The van der Waals surface area contributed by atoms with Gasteiger partial charge in [-0.1, -0.05) is 6.07 Å². The van der Waals surface area contributed by atoms with Crippen LogP contribution in [0.15, 0.2) is 36.5 Å². The normalized spacial score (nSPS) is 9.71. The van der Waals surface area contributed by atoms with Gasteiger partial charge < -0.3 is 5.32 Å². The van der Waals surface area contributed by atoms with E-state index in [9.17, 15) is 4.39 Å². The van der Waals surface area contributed by atoms with E-state index in [1.54, 1.807) is 37.4 Å². The van der Waals surface area contributed by atoms with Crippen LogP contribution in [0.25, 0.3) is 0 Å². The maximum absolute atomic E-state index is 13.3. The number of aryl methyl sites for hydroxylation is 1. The van der Waals surface area contributed by atoms with Crippen molar-refractivity contribution in [1.29, 1.82) is 5.26 Å². The lowest BCUT2D eigenvalue weighted by molar-refractivity contribution is 0.619. The van der Waals surface area contributed by atoms with Crippen molar-refractivity contribution >= 4 is 11.4 Å². The fourth-order valence-electron chi connectivity index (χ4n) is 1.42. The maximum Gasteiger partial charge on any atom is 0.163 e. The highest BCUT2D eigenvalue weighted by Gasteiger charge is 2.04. The van der Waals surface area contributed by atoms with Crippen LogP contribution in [-0.2, 0) is 0 Å². The van der Waals surface area contributed by atoms with Crippen LogP contribution < -0.4 is 5.32 Å². The Morgan fingerprint density at radius 3 is 2.88 bits per heavy atom. The molecule has 17 heavy (non-hydrogen) atoms. The van der Waals surface area contributed by atoms with Crippen LogP contribution >= 0.6 is 0 Å². The van der Waals surface area contributed by atoms with E-state index in [1.807, 2.05) is 6.07 Å². The van der Waals surface area contributed by atoms with E-state index in [4.69, 9.17) is 5.26 Å². The maximum atomic E-state index is 13.3. The van der Waals surface area contributed by atoms with E-state index >= 15 is 0 Å². The Morgan fingerprint density at radius 2 is 2.18 bits per heavy atom. The Balaban J connectivity index is 2.32. The van der Waals surface area contributed by atoms with E-state index in [0.29, 0.717) is 16.9 Å². The molecule has 0 bridgehead atoms. The lowest BCUT2D eigenvalue weighted by Gasteiger charge is -2.08. The van der Waals surface area contributed by atoms with Gasteiger partial charge in [-0.15, -0.1) is 0 Å². The average molecular weight is 227 g/mol. The third-order valence-corrected chi connectivity index (χ3v) is 2.36. The molecule has 84 valence electrons. The third kappa shape index (κ3) is 2.40. The first kappa shape index (κ1) is 11.1. The lowest BCUT2D eigenvalue weighted by Crippen LogP contribution is -1.96. The number of pyridine rings is 1. The molecule has 0 radical (unpaired) electrons. The Labute approximate surface area is 98.5 Å². The minimum atomic E-state index is -0.280. The SMILES string of the molecule is Cc1ccc(Nc2cccnc2C#N)cc1F. The molecule has 1 aromatic heterocycles. The van der Waals surface area contributed by atoms with Gasteiger partial charge in [-0.2, -0.15) is 5.26 Å². The molecule has 2 rings (SSSR count). The minimum absolute atomic E-state index is 0.280. The van der Waals surface area contributed by atoms with Crippen molar-refractivity contribution in [3.05, 3.63) is 53.6 Å². The standard InChI is InChI=1S/C13H10FN3/c1-9-4-5-10(7-11(9)14)17-12-3-2-6-16-13(12)8-15/h2-7,17H,1H3. The molecular formula is C13H10FN3. The number of benzene rings is 1. The van der Waals surface area contributed by atoms with Crippen LogP contribution in [0.3, 0.4) is 0 Å². The molecule has 0 fully saturated rings. The Kier molecular flexibility index (Phi) is 3.01. The van der Waals surface area contributed by atoms with Crippen molar-refractivity contribution < 1.29 is 4.39 Å². The van der Waals surface area contributed by atoms with Gasteiger partial charge in [-0.05, 0) is 36.8 Å². The molecule has 0 aliphatic rings. The van der Waals surface area contributed by atoms with Crippen LogP contribution in [0, 0.1) is 24.1 Å². The largest absolute Gasteiger partial charge is 0.353 e. The van der Waals surface area contributed by atoms with Crippen LogP contribution in [0.2, 0.25) is 0 Å². The molecule has 0 saturated heterocycles. The zero-order chi connectivity index (χ0) is 12.3. The van der Waals surface area contributed by atoms with Crippen molar-refractivity contribution in [3.8, 4) is 6.07 Å². The number of halogens is 1. The number of anilines is 2. The molecule has 0 aliphatic carbocycles. The average Bonchev–Trinajstić information content (AvgIpc) is 2.34. The summed E-state index contributed by atoms with van der Waals surface area (Å²) in [5.41, 5.74) is 2.03. The summed E-state index contributed by atoms with van der Waals surface area (Å²) in [6.45, 7) is 1.70. The van der Waals surface area contributed by atoms with Crippen LogP contribution in [0.1, 0.15) is 11.3 Å². The van der Waals surface area contributed by atoms with E-state index in [-0.39, 0.29) is 11.5 Å². The van der Waals surface area contributed by atoms with Crippen LogP contribution in [0.5, 0.6) is 0 Å². The van der Waals surface area contributed by atoms with E-state index in [2.05, 4.69) is 10.3 Å². The molecule has 0 unspecified atom stereocenters. The number of nitriles is 1. The topological polar surface area (TPSA) is 48.7 Å². The van der Waals surface area contributed by atoms with Gasteiger partial charge in [0.05, 0.1) is 5.69 Å². The minimum Gasteiger partial charge on any atom is -0.353 e. The highest BCUT2D eigenvalue weighted by atomic mass is 19.1. The van der Waals surface area contributed by atoms with Gasteiger partial charge in [-0.3, -0.25) is 0 Å². The summed E-state index contributed by atoms with van der Waals surface area (Å²) in [6, 6.07) is 10.2. The van der Waals surface area contributed by atoms with E-state index in [1.165, 1.54) is 6.07 Å². The second-order valence-corrected chi connectivity index (χ2v) is 3.60. The fourth-order valence-corrected chi connectivity index (χ4v) is 1.42. The lowest BCUT2D eigenvalue weighted by atomic mass is 10.2. The summed E-state index contributed by atoms with van der Waals surface area (Å²) in [7, 11) is 0. The number of nitrogens with zero attached hydrogens (tertiary/aromatic N) is 2. The number of hydrogen-bond donors (Lipinski definition) is 1. The molecule has 1 heterocycles. The molecule has 0 spiro atoms. The van der Waals surface area contributed by atoms with Crippen LogP contribution in [0.4, 0.5) is 15.8 Å². The first-order chi connectivity index (χ1) is 8.20. The van der Waals surface area contributed by atoms with Gasteiger partial charge in [0, 0.05) is 11.9 Å². The summed E-state index contributed by atoms with van der Waals surface area (Å²) in [4.78, 5) is 3.92. The summed E-state index contributed by atoms with van der Waals surface area (Å²) < 4.78 is 13.3. The summed E-state index contributed by atoms with van der Waals surface area (Å²) in [6.07, 6.45) is 1.54. The smallest absolute Gasteiger partial charge is 0.163 e. The number of rotatable bonds is 2. The van der Waals surface area contributed by atoms with Gasteiger partial charge in [0.15, 0.2) is 5.69 Å². The van der Waals surface area contributed by atoms with Crippen molar-refractivity contribution in [2.24, 2.45) is 0 Å². The monoisotopic (exact) mass is 227 g/mol. The highest BCUT2D eigenvalue weighted by Crippen LogP contribution is 2.20. The second-order valence-electron chi connectivity index (χ2n) is 3.60. The van der Waals surface area contributed by atoms with Crippen molar-refractivity contribution in [2.45, 2.75) is 6.92 Å². The molecule has 0 saturated carbocycles. The first-order valence-corrected chi connectivity index (χ1v) is 5.09. The van der Waals surface area contributed by atoms with Gasteiger partial charge in [-0.25, -0.2) is 9.37 Å². The number of aromatic nitrogens is 1. The predicted octanol–water partition coefficient (Wildman–Crippen LogP) is 3.14. The number of hydrogen-bond acceptors (Lipinski definition) is 3. The molecule has 0 amide bonds. The quantitative estimate of drug-likeness (QED) is 0.857.